The molecule has 12 heavy (non-hydrogen) atoms. The van der Waals surface area contributed by atoms with Crippen molar-refractivity contribution in [1.29, 1.82) is 0 Å². The molecule has 2 fully saturated rings. The number of nitrogens with zero attached hydrogens (tertiary/aromatic N) is 1. The van der Waals surface area contributed by atoms with E-state index in [1.54, 1.807) is 0 Å². The molecule has 1 heteroatoms. The van der Waals surface area contributed by atoms with Crippen LogP contribution in [0.3, 0.4) is 0 Å². The van der Waals surface area contributed by atoms with Gasteiger partial charge in [-0.2, -0.15) is 0 Å². The van der Waals surface area contributed by atoms with Gasteiger partial charge in [0.1, 0.15) is 0 Å². The SMILES string of the molecule is CC(C)N1CC2[C@@H](C)CC2(C)C1. The molecule has 70 valence electrons. The number of fused-ring (bicyclic) bond motifs is 1. The Balaban J connectivity index is 2.04. The second-order valence-electron chi connectivity index (χ2n) is 5.47. The van der Waals surface area contributed by atoms with Gasteiger partial charge in [0.15, 0.2) is 0 Å². The van der Waals surface area contributed by atoms with Crippen molar-refractivity contribution in [2.45, 2.75) is 40.2 Å². The molecule has 1 saturated heterocycles. The fourth-order valence-electron chi connectivity index (χ4n) is 3.31. The first-order chi connectivity index (χ1) is 5.53. The van der Waals surface area contributed by atoms with Gasteiger partial charge in [0.05, 0.1) is 0 Å². The van der Waals surface area contributed by atoms with Crippen LogP contribution in [0.1, 0.15) is 34.1 Å². The Morgan fingerprint density at radius 2 is 2.08 bits per heavy atom. The summed E-state index contributed by atoms with van der Waals surface area (Å²) in [5.41, 5.74) is 0.684. The Kier molecular flexibility index (Phi) is 1.76. The summed E-state index contributed by atoms with van der Waals surface area (Å²) < 4.78 is 0. The molecular formula is C11H21N. The lowest BCUT2D eigenvalue weighted by Crippen LogP contribution is -2.43. The Bertz CT molecular complexity index is 187. The van der Waals surface area contributed by atoms with E-state index in [4.69, 9.17) is 0 Å². The quantitative estimate of drug-likeness (QED) is 0.579. The Labute approximate surface area is 76.1 Å². The van der Waals surface area contributed by atoms with Crippen LogP contribution in [0, 0.1) is 17.3 Å². The first-order valence-corrected chi connectivity index (χ1v) is 5.27. The van der Waals surface area contributed by atoms with Gasteiger partial charge in [-0.1, -0.05) is 13.8 Å². The third-order valence-electron chi connectivity index (χ3n) is 4.10. The van der Waals surface area contributed by atoms with Gasteiger partial charge in [-0.05, 0) is 37.5 Å². The number of likely N-dealkylation sites (tertiary alicyclic amines) is 1. The summed E-state index contributed by atoms with van der Waals surface area (Å²) >= 11 is 0. The summed E-state index contributed by atoms with van der Waals surface area (Å²) in [4.78, 5) is 2.65. The lowest BCUT2D eigenvalue weighted by atomic mass is 9.57. The van der Waals surface area contributed by atoms with Crippen molar-refractivity contribution in [3.8, 4) is 0 Å². The van der Waals surface area contributed by atoms with E-state index in [1.165, 1.54) is 19.5 Å². The molecule has 2 unspecified atom stereocenters. The monoisotopic (exact) mass is 167 g/mol. The molecule has 0 bridgehead atoms. The molecule has 0 spiro atoms. The normalized spacial score (nSPS) is 47.8. The highest BCUT2D eigenvalue weighted by Crippen LogP contribution is 2.55. The minimum Gasteiger partial charge on any atom is -0.300 e. The van der Waals surface area contributed by atoms with E-state index in [2.05, 4.69) is 32.6 Å². The van der Waals surface area contributed by atoms with Gasteiger partial charge in [-0.3, -0.25) is 0 Å². The summed E-state index contributed by atoms with van der Waals surface area (Å²) in [6, 6.07) is 0.750. The van der Waals surface area contributed by atoms with Gasteiger partial charge in [-0.25, -0.2) is 0 Å². The van der Waals surface area contributed by atoms with Crippen molar-refractivity contribution in [2.24, 2.45) is 17.3 Å². The van der Waals surface area contributed by atoms with E-state index in [-0.39, 0.29) is 0 Å². The molecule has 2 rings (SSSR count). The Hall–Kier alpha value is -0.0400. The molecule has 3 atom stereocenters. The van der Waals surface area contributed by atoms with Gasteiger partial charge in [-0.15, -0.1) is 0 Å². The first-order valence-electron chi connectivity index (χ1n) is 5.27. The van der Waals surface area contributed by atoms with Gasteiger partial charge in [0.25, 0.3) is 0 Å². The minimum atomic E-state index is 0.684. The maximum atomic E-state index is 2.65. The van der Waals surface area contributed by atoms with E-state index < -0.39 is 0 Å². The van der Waals surface area contributed by atoms with Crippen molar-refractivity contribution < 1.29 is 0 Å². The number of hydrogen-bond donors (Lipinski definition) is 0. The van der Waals surface area contributed by atoms with E-state index in [0.717, 1.165) is 17.9 Å². The third kappa shape index (κ3) is 1.02. The fraction of sp³-hybridized carbons (Fsp3) is 1.00. The Morgan fingerprint density at radius 3 is 2.50 bits per heavy atom. The van der Waals surface area contributed by atoms with Crippen molar-refractivity contribution >= 4 is 0 Å². The molecule has 0 aromatic carbocycles. The van der Waals surface area contributed by atoms with Gasteiger partial charge in [0, 0.05) is 19.1 Å². The first kappa shape index (κ1) is 8.55. The van der Waals surface area contributed by atoms with Crippen LogP contribution in [0.15, 0.2) is 0 Å². The maximum Gasteiger partial charge on any atom is 0.00415 e. The van der Waals surface area contributed by atoms with Gasteiger partial charge < -0.3 is 4.90 Å². The average Bonchev–Trinajstić information content (AvgIpc) is 2.22. The smallest absolute Gasteiger partial charge is 0.00415 e. The highest BCUT2D eigenvalue weighted by molar-refractivity contribution is 5.04. The molecule has 1 aliphatic heterocycles. The van der Waals surface area contributed by atoms with E-state index >= 15 is 0 Å². The van der Waals surface area contributed by atoms with Crippen LogP contribution >= 0.6 is 0 Å². The predicted molar refractivity (Wildman–Crippen MR) is 52.1 cm³/mol. The molecule has 1 nitrogen and oxygen atoms in total. The van der Waals surface area contributed by atoms with E-state index in [0.29, 0.717) is 5.41 Å². The van der Waals surface area contributed by atoms with Crippen LogP contribution < -0.4 is 0 Å². The zero-order valence-corrected chi connectivity index (χ0v) is 8.80. The van der Waals surface area contributed by atoms with Crippen molar-refractivity contribution in [1.82, 2.24) is 4.90 Å². The highest BCUT2D eigenvalue weighted by atomic mass is 15.2. The Morgan fingerprint density at radius 1 is 1.42 bits per heavy atom. The average molecular weight is 167 g/mol. The summed E-state index contributed by atoms with van der Waals surface area (Å²) in [6.07, 6.45) is 1.46. The standard InChI is InChI=1S/C11H21N/c1-8(2)12-6-10-9(3)5-11(10,4)7-12/h8-10H,5-7H2,1-4H3/t9-,10?,11?/m0/s1. The predicted octanol–water partition coefficient (Wildman–Crippen LogP) is 2.37. The topological polar surface area (TPSA) is 3.24 Å². The van der Waals surface area contributed by atoms with E-state index in [1.807, 2.05) is 0 Å². The van der Waals surface area contributed by atoms with Crippen LogP contribution in [0.5, 0.6) is 0 Å². The lowest BCUT2D eigenvalue weighted by Gasteiger charge is -2.47. The van der Waals surface area contributed by atoms with Gasteiger partial charge >= 0.3 is 0 Å². The molecule has 0 amide bonds. The number of rotatable bonds is 1. The van der Waals surface area contributed by atoms with Crippen LogP contribution in [0.2, 0.25) is 0 Å². The van der Waals surface area contributed by atoms with Crippen LogP contribution in [-0.2, 0) is 0 Å². The summed E-state index contributed by atoms with van der Waals surface area (Å²) in [5.74, 6) is 1.98. The molecule has 1 heterocycles. The zero-order chi connectivity index (χ0) is 8.93. The molecule has 1 saturated carbocycles. The summed E-state index contributed by atoms with van der Waals surface area (Å²) in [5, 5.41) is 0. The number of hydrogen-bond acceptors (Lipinski definition) is 1. The second kappa shape index (κ2) is 2.47. The van der Waals surface area contributed by atoms with Crippen LogP contribution in [0.25, 0.3) is 0 Å². The molecule has 0 N–H and O–H groups in total. The summed E-state index contributed by atoms with van der Waals surface area (Å²) in [6.45, 7) is 12.2. The molecule has 0 aromatic rings. The van der Waals surface area contributed by atoms with Gasteiger partial charge in [0.2, 0.25) is 0 Å². The molecular weight excluding hydrogens is 146 g/mol. The summed E-state index contributed by atoms with van der Waals surface area (Å²) in [7, 11) is 0. The van der Waals surface area contributed by atoms with Crippen LogP contribution in [0.4, 0.5) is 0 Å². The third-order valence-corrected chi connectivity index (χ3v) is 4.10. The van der Waals surface area contributed by atoms with E-state index in [9.17, 15) is 0 Å². The minimum absolute atomic E-state index is 0.684. The molecule has 0 radical (unpaired) electrons. The molecule has 1 aliphatic carbocycles. The van der Waals surface area contributed by atoms with Crippen LogP contribution in [-0.4, -0.2) is 24.0 Å². The second-order valence-corrected chi connectivity index (χ2v) is 5.47. The fourth-order valence-corrected chi connectivity index (χ4v) is 3.31. The highest BCUT2D eigenvalue weighted by Gasteiger charge is 2.53. The van der Waals surface area contributed by atoms with Crippen molar-refractivity contribution in [3.05, 3.63) is 0 Å². The maximum absolute atomic E-state index is 2.65. The lowest BCUT2D eigenvalue weighted by molar-refractivity contribution is 0.0330. The van der Waals surface area contributed by atoms with Crippen molar-refractivity contribution in [3.63, 3.8) is 0 Å². The largest absolute Gasteiger partial charge is 0.300 e. The zero-order valence-electron chi connectivity index (χ0n) is 8.80. The molecule has 2 aliphatic rings. The molecule has 0 aromatic heterocycles. The van der Waals surface area contributed by atoms with Crippen molar-refractivity contribution in [2.75, 3.05) is 13.1 Å².